The average molecular weight is 476 g/mol. The highest BCUT2D eigenvalue weighted by Crippen LogP contribution is 2.31. The molecule has 8 heteroatoms. The van der Waals surface area contributed by atoms with E-state index in [0.717, 1.165) is 37.2 Å². The molecule has 174 valence electrons. The van der Waals surface area contributed by atoms with Crippen molar-refractivity contribution in [2.24, 2.45) is 0 Å². The Labute approximate surface area is 202 Å². The van der Waals surface area contributed by atoms with Crippen LogP contribution in [0, 0.1) is 6.92 Å². The molecule has 0 unspecified atom stereocenters. The number of amides is 1. The molecular formula is C26H26ClN5O2. The summed E-state index contributed by atoms with van der Waals surface area (Å²) in [7, 11) is 0. The highest BCUT2D eigenvalue weighted by atomic mass is 35.5. The largest absolute Gasteiger partial charge is 0.370 e. The Balaban J connectivity index is 1.46. The van der Waals surface area contributed by atoms with Crippen molar-refractivity contribution < 1.29 is 4.79 Å². The number of fused-ring (bicyclic) bond motifs is 1. The zero-order valence-corrected chi connectivity index (χ0v) is 19.8. The summed E-state index contributed by atoms with van der Waals surface area (Å²) < 4.78 is 3.16. The van der Waals surface area contributed by atoms with Crippen LogP contribution in [0.1, 0.15) is 25.0 Å². The van der Waals surface area contributed by atoms with Crippen molar-refractivity contribution >= 4 is 34.5 Å². The van der Waals surface area contributed by atoms with Crippen LogP contribution in [0.4, 0.5) is 11.4 Å². The maximum atomic E-state index is 13.2. The summed E-state index contributed by atoms with van der Waals surface area (Å²) in [6.45, 7) is 3.79. The Morgan fingerprint density at radius 2 is 1.79 bits per heavy atom. The van der Waals surface area contributed by atoms with E-state index < -0.39 is 0 Å². The highest BCUT2D eigenvalue weighted by molar-refractivity contribution is 6.31. The number of anilines is 2. The minimum atomic E-state index is -0.228. The van der Waals surface area contributed by atoms with E-state index in [1.54, 1.807) is 10.6 Å². The molecule has 0 saturated carbocycles. The third kappa shape index (κ3) is 4.43. The van der Waals surface area contributed by atoms with Crippen molar-refractivity contribution in [1.29, 1.82) is 0 Å². The third-order valence-corrected chi connectivity index (χ3v) is 6.47. The van der Waals surface area contributed by atoms with E-state index in [0.29, 0.717) is 27.7 Å². The monoisotopic (exact) mass is 475 g/mol. The minimum Gasteiger partial charge on any atom is -0.370 e. The molecule has 2 aromatic heterocycles. The van der Waals surface area contributed by atoms with Crippen molar-refractivity contribution in [3.8, 4) is 11.3 Å². The fourth-order valence-electron chi connectivity index (χ4n) is 4.53. The first kappa shape index (κ1) is 22.2. The van der Waals surface area contributed by atoms with Crippen LogP contribution in [-0.4, -0.2) is 33.2 Å². The number of carbonyl (C=O) groups excluding carboxylic acids is 1. The molecule has 0 spiro atoms. The quantitative estimate of drug-likeness (QED) is 0.452. The van der Waals surface area contributed by atoms with Crippen molar-refractivity contribution in [3.63, 3.8) is 0 Å². The van der Waals surface area contributed by atoms with Crippen LogP contribution in [0.25, 0.3) is 16.9 Å². The predicted octanol–water partition coefficient (Wildman–Crippen LogP) is 4.75. The van der Waals surface area contributed by atoms with Crippen LogP contribution >= 0.6 is 11.6 Å². The van der Waals surface area contributed by atoms with E-state index in [9.17, 15) is 9.59 Å². The zero-order valence-electron chi connectivity index (χ0n) is 19.0. The number of piperidine rings is 1. The van der Waals surface area contributed by atoms with Crippen molar-refractivity contribution in [2.45, 2.75) is 32.7 Å². The molecule has 1 amide bonds. The Kier molecular flexibility index (Phi) is 6.11. The summed E-state index contributed by atoms with van der Waals surface area (Å²) in [5.41, 5.74) is 4.30. The molecule has 7 nitrogen and oxygen atoms in total. The molecule has 1 fully saturated rings. The Hall–Kier alpha value is -3.58. The fraction of sp³-hybridized carbons (Fsp3) is 0.269. The van der Waals surface area contributed by atoms with E-state index >= 15 is 0 Å². The lowest BCUT2D eigenvalue weighted by Crippen LogP contribution is -2.31. The molecule has 0 bridgehead atoms. The van der Waals surface area contributed by atoms with Crippen molar-refractivity contribution in [3.05, 3.63) is 81.7 Å². The van der Waals surface area contributed by atoms with Gasteiger partial charge in [-0.1, -0.05) is 41.9 Å². The number of benzene rings is 2. The van der Waals surface area contributed by atoms with Gasteiger partial charge in [0.25, 0.3) is 5.56 Å². The Bertz CT molecular complexity index is 1400. The van der Waals surface area contributed by atoms with Crippen LogP contribution in [0.2, 0.25) is 5.02 Å². The summed E-state index contributed by atoms with van der Waals surface area (Å²) in [6.07, 6.45) is 3.49. The number of hydrogen-bond acceptors (Lipinski definition) is 4. The van der Waals surface area contributed by atoms with Crippen LogP contribution in [0.5, 0.6) is 0 Å². The van der Waals surface area contributed by atoms with Gasteiger partial charge < -0.3 is 14.8 Å². The van der Waals surface area contributed by atoms with E-state index in [4.69, 9.17) is 11.6 Å². The van der Waals surface area contributed by atoms with Crippen molar-refractivity contribution in [2.75, 3.05) is 23.3 Å². The minimum absolute atomic E-state index is 0.0431. The summed E-state index contributed by atoms with van der Waals surface area (Å²) in [6, 6.07) is 18.6. The molecule has 0 radical (unpaired) electrons. The summed E-state index contributed by atoms with van der Waals surface area (Å²) in [5.74, 6) is -0.198. The number of hydrogen-bond donors (Lipinski definition) is 1. The summed E-state index contributed by atoms with van der Waals surface area (Å²) >= 11 is 6.26. The SMILES string of the molecule is Cc1cc(=O)n2nc(-c3ccccc3)cc2n1CC(=O)Nc1cc(Cl)ccc1N1CCCCC1. The molecule has 2 aromatic carbocycles. The van der Waals surface area contributed by atoms with Crippen LogP contribution in [0.15, 0.2) is 65.5 Å². The molecule has 34 heavy (non-hydrogen) atoms. The first-order valence-electron chi connectivity index (χ1n) is 11.5. The second kappa shape index (κ2) is 9.35. The van der Waals surface area contributed by atoms with Gasteiger partial charge in [0.1, 0.15) is 12.2 Å². The van der Waals surface area contributed by atoms with Crippen LogP contribution < -0.4 is 15.8 Å². The van der Waals surface area contributed by atoms with Gasteiger partial charge in [-0.2, -0.15) is 9.61 Å². The molecule has 1 aliphatic rings. The number of nitrogens with zero attached hydrogens (tertiary/aromatic N) is 4. The molecule has 0 aliphatic carbocycles. The smallest absolute Gasteiger partial charge is 0.274 e. The molecule has 1 saturated heterocycles. The van der Waals surface area contributed by atoms with Crippen LogP contribution in [0.3, 0.4) is 0 Å². The Morgan fingerprint density at radius 3 is 2.56 bits per heavy atom. The normalized spacial score (nSPS) is 13.9. The van der Waals surface area contributed by atoms with Gasteiger partial charge in [0, 0.05) is 41.5 Å². The van der Waals surface area contributed by atoms with Gasteiger partial charge in [-0.15, -0.1) is 0 Å². The molecule has 1 aliphatic heterocycles. The van der Waals surface area contributed by atoms with Crippen molar-refractivity contribution in [1.82, 2.24) is 14.2 Å². The Morgan fingerprint density at radius 1 is 1.03 bits per heavy atom. The topological polar surface area (TPSA) is 71.6 Å². The standard InChI is InChI=1S/C26H26ClN5O2/c1-18-14-26(34)32-25(16-21(29-32)19-8-4-2-5-9-19)31(18)17-24(33)28-22-15-20(27)10-11-23(22)30-12-6-3-7-13-30/h2,4-5,8-11,14-16H,3,6-7,12-13,17H2,1H3,(H,28,33). The third-order valence-electron chi connectivity index (χ3n) is 6.23. The van der Waals surface area contributed by atoms with Crippen LogP contribution in [-0.2, 0) is 11.3 Å². The lowest BCUT2D eigenvalue weighted by Gasteiger charge is -2.30. The van der Waals surface area contributed by atoms with E-state index in [2.05, 4.69) is 15.3 Å². The van der Waals surface area contributed by atoms with Gasteiger partial charge in [-0.3, -0.25) is 9.59 Å². The predicted molar refractivity (Wildman–Crippen MR) is 136 cm³/mol. The number of carbonyl (C=O) groups is 1. The summed E-state index contributed by atoms with van der Waals surface area (Å²) in [4.78, 5) is 28.1. The lowest BCUT2D eigenvalue weighted by atomic mass is 10.1. The number of rotatable bonds is 5. The average Bonchev–Trinajstić information content (AvgIpc) is 3.29. The van der Waals surface area contributed by atoms with Gasteiger partial charge >= 0.3 is 0 Å². The van der Waals surface area contributed by atoms with E-state index in [1.807, 2.05) is 55.5 Å². The van der Waals surface area contributed by atoms with Gasteiger partial charge in [0.15, 0.2) is 0 Å². The maximum Gasteiger partial charge on any atom is 0.274 e. The second-order valence-electron chi connectivity index (χ2n) is 8.63. The lowest BCUT2D eigenvalue weighted by molar-refractivity contribution is -0.116. The first-order valence-corrected chi connectivity index (χ1v) is 11.9. The molecule has 1 N–H and O–H groups in total. The zero-order chi connectivity index (χ0) is 23.7. The van der Waals surface area contributed by atoms with Gasteiger partial charge in [-0.05, 0) is 44.4 Å². The van der Waals surface area contributed by atoms with Gasteiger partial charge in [-0.25, -0.2) is 0 Å². The van der Waals surface area contributed by atoms with Gasteiger partial charge in [0.2, 0.25) is 5.91 Å². The second-order valence-corrected chi connectivity index (χ2v) is 9.07. The van der Waals surface area contributed by atoms with E-state index in [-0.39, 0.29) is 18.0 Å². The molecule has 5 rings (SSSR count). The van der Waals surface area contributed by atoms with Gasteiger partial charge in [0.05, 0.1) is 17.1 Å². The maximum absolute atomic E-state index is 13.2. The fourth-order valence-corrected chi connectivity index (χ4v) is 4.70. The highest BCUT2D eigenvalue weighted by Gasteiger charge is 2.18. The number of aryl methyl sites for hydroxylation is 1. The number of nitrogens with one attached hydrogen (secondary N) is 1. The molecular weight excluding hydrogens is 450 g/mol. The molecule has 0 atom stereocenters. The summed E-state index contributed by atoms with van der Waals surface area (Å²) in [5, 5.41) is 8.11. The molecule has 4 aromatic rings. The first-order chi connectivity index (χ1) is 16.5. The number of halogens is 1. The number of aromatic nitrogens is 3. The molecule has 3 heterocycles. The van der Waals surface area contributed by atoms with E-state index in [1.165, 1.54) is 17.0 Å².